The smallest absolute Gasteiger partial charge is 0.222 e. The molecule has 0 saturated heterocycles. The van der Waals surface area contributed by atoms with Gasteiger partial charge in [0.05, 0.1) is 20.4 Å². The highest BCUT2D eigenvalue weighted by Gasteiger charge is 2.07. The number of halogens is 1. The molecule has 6 nitrogen and oxygen atoms in total. The Balaban J connectivity index is 2.34. The molecule has 1 aromatic carbocycles. The maximum atomic E-state index is 5.99. The van der Waals surface area contributed by atoms with Gasteiger partial charge in [0.1, 0.15) is 16.5 Å². The Bertz CT molecular complexity index is 570. The summed E-state index contributed by atoms with van der Waals surface area (Å²) in [6.45, 7) is 0. The summed E-state index contributed by atoms with van der Waals surface area (Å²) in [5.74, 6) is 1.87. The first-order valence-electron chi connectivity index (χ1n) is 5.40. The molecule has 0 radical (unpaired) electrons. The van der Waals surface area contributed by atoms with Gasteiger partial charge in [0.2, 0.25) is 5.95 Å². The number of benzene rings is 1. The molecule has 2 aromatic rings. The molecule has 0 amide bonds. The number of nitrogen functional groups attached to an aromatic ring is 1. The Hall–Kier alpha value is -2.21. The summed E-state index contributed by atoms with van der Waals surface area (Å²) in [6, 6.07) is 5.34. The molecule has 0 atom stereocenters. The summed E-state index contributed by atoms with van der Waals surface area (Å²) in [7, 11) is 3.16. The van der Waals surface area contributed by atoms with Crippen LogP contribution >= 0.6 is 11.6 Å². The van der Waals surface area contributed by atoms with Crippen LogP contribution in [0.25, 0.3) is 0 Å². The molecule has 0 bridgehead atoms. The number of nitrogens with one attached hydrogen (secondary N) is 1. The Morgan fingerprint density at radius 2 is 1.79 bits per heavy atom. The quantitative estimate of drug-likeness (QED) is 0.895. The molecule has 7 heteroatoms. The van der Waals surface area contributed by atoms with Crippen LogP contribution in [0.5, 0.6) is 11.5 Å². The number of methoxy groups -OCH3 is 2. The van der Waals surface area contributed by atoms with E-state index < -0.39 is 0 Å². The van der Waals surface area contributed by atoms with Gasteiger partial charge in [-0.1, -0.05) is 11.6 Å². The average Bonchev–Trinajstić information content (AvgIpc) is 2.42. The second kappa shape index (κ2) is 5.62. The van der Waals surface area contributed by atoms with Crippen molar-refractivity contribution >= 4 is 29.1 Å². The number of ether oxygens (including phenoxy) is 2. The molecule has 0 aliphatic carbocycles. The molecule has 0 aliphatic rings. The average molecular weight is 281 g/mol. The van der Waals surface area contributed by atoms with Crippen LogP contribution in [0.4, 0.5) is 17.5 Å². The van der Waals surface area contributed by atoms with Crippen molar-refractivity contribution in [1.29, 1.82) is 0 Å². The first-order chi connectivity index (χ1) is 9.12. The molecule has 0 spiro atoms. The van der Waals surface area contributed by atoms with Gasteiger partial charge in [-0.3, -0.25) is 0 Å². The molecular formula is C12H13ClN4O2. The summed E-state index contributed by atoms with van der Waals surface area (Å²) in [5.41, 5.74) is 6.24. The predicted molar refractivity (Wildman–Crippen MR) is 74.3 cm³/mol. The summed E-state index contributed by atoms with van der Waals surface area (Å²) in [6.07, 6.45) is 1.43. The number of nitrogens with two attached hydrogens (primary N) is 1. The van der Waals surface area contributed by atoms with Gasteiger partial charge in [0.15, 0.2) is 5.82 Å². The number of hydrogen-bond donors (Lipinski definition) is 2. The van der Waals surface area contributed by atoms with Gasteiger partial charge >= 0.3 is 0 Å². The van der Waals surface area contributed by atoms with E-state index in [4.69, 9.17) is 26.8 Å². The van der Waals surface area contributed by atoms with Crippen LogP contribution in [0.1, 0.15) is 0 Å². The lowest BCUT2D eigenvalue weighted by molar-refractivity contribution is 0.395. The topological polar surface area (TPSA) is 82.3 Å². The lowest BCUT2D eigenvalue weighted by Gasteiger charge is -2.11. The number of aromatic nitrogens is 2. The highest BCUT2D eigenvalue weighted by molar-refractivity contribution is 6.32. The van der Waals surface area contributed by atoms with E-state index in [2.05, 4.69) is 15.3 Å². The molecule has 100 valence electrons. The molecule has 0 unspecified atom stereocenters. The number of nitrogens with zero attached hydrogens (tertiary/aromatic N) is 2. The third-order valence-electron chi connectivity index (χ3n) is 2.38. The van der Waals surface area contributed by atoms with E-state index in [1.165, 1.54) is 6.20 Å². The number of hydrogen-bond acceptors (Lipinski definition) is 6. The van der Waals surface area contributed by atoms with Crippen LogP contribution in [0.3, 0.4) is 0 Å². The van der Waals surface area contributed by atoms with Gasteiger partial charge in [-0.15, -0.1) is 0 Å². The van der Waals surface area contributed by atoms with E-state index in [0.717, 1.165) is 5.69 Å². The van der Waals surface area contributed by atoms with Crippen LogP contribution in [0.15, 0.2) is 24.4 Å². The third kappa shape index (κ3) is 3.17. The van der Waals surface area contributed by atoms with Crippen LogP contribution in [-0.4, -0.2) is 24.2 Å². The Morgan fingerprint density at radius 1 is 1.16 bits per heavy atom. The molecular weight excluding hydrogens is 268 g/mol. The summed E-state index contributed by atoms with van der Waals surface area (Å²) < 4.78 is 10.4. The van der Waals surface area contributed by atoms with E-state index in [0.29, 0.717) is 22.3 Å². The highest BCUT2D eigenvalue weighted by atomic mass is 35.5. The third-order valence-corrected chi connectivity index (χ3v) is 2.65. The van der Waals surface area contributed by atoms with Crippen molar-refractivity contribution in [3.63, 3.8) is 0 Å². The van der Waals surface area contributed by atoms with Crippen LogP contribution in [0.2, 0.25) is 5.02 Å². The van der Waals surface area contributed by atoms with E-state index in [1.807, 2.05) is 0 Å². The summed E-state index contributed by atoms with van der Waals surface area (Å²) >= 11 is 5.99. The van der Waals surface area contributed by atoms with Crippen molar-refractivity contribution in [2.24, 2.45) is 0 Å². The second-order valence-corrected chi connectivity index (χ2v) is 4.06. The number of anilines is 3. The van der Waals surface area contributed by atoms with E-state index in [-0.39, 0.29) is 5.95 Å². The van der Waals surface area contributed by atoms with Crippen molar-refractivity contribution in [3.8, 4) is 11.5 Å². The van der Waals surface area contributed by atoms with Gasteiger partial charge in [0, 0.05) is 23.9 Å². The van der Waals surface area contributed by atoms with E-state index in [9.17, 15) is 0 Å². The number of rotatable bonds is 4. The van der Waals surface area contributed by atoms with Gasteiger partial charge in [0.25, 0.3) is 0 Å². The zero-order valence-electron chi connectivity index (χ0n) is 10.5. The molecule has 1 aromatic heterocycles. The monoisotopic (exact) mass is 280 g/mol. The van der Waals surface area contributed by atoms with Crippen molar-refractivity contribution in [2.45, 2.75) is 0 Å². The normalized spacial score (nSPS) is 10.1. The van der Waals surface area contributed by atoms with Gasteiger partial charge in [-0.05, 0) is 0 Å². The molecule has 0 saturated carbocycles. The highest BCUT2D eigenvalue weighted by Crippen LogP contribution is 2.29. The van der Waals surface area contributed by atoms with Crippen molar-refractivity contribution < 1.29 is 9.47 Å². The fraction of sp³-hybridized carbons (Fsp3) is 0.167. The molecule has 2 rings (SSSR count). The first kappa shape index (κ1) is 13.2. The Labute approximate surface area is 115 Å². The van der Waals surface area contributed by atoms with Crippen LogP contribution < -0.4 is 20.5 Å². The molecule has 0 aliphatic heterocycles. The molecule has 0 fully saturated rings. The SMILES string of the molecule is COc1cc(Nc2nc(N)ncc2Cl)cc(OC)c1. The molecule has 3 N–H and O–H groups in total. The fourth-order valence-corrected chi connectivity index (χ4v) is 1.62. The molecule has 1 heterocycles. The Kier molecular flexibility index (Phi) is 3.91. The maximum absolute atomic E-state index is 5.99. The van der Waals surface area contributed by atoms with Crippen molar-refractivity contribution in [1.82, 2.24) is 9.97 Å². The Morgan fingerprint density at radius 3 is 2.37 bits per heavy atom. The second-order valence-electron chi connectivity index (χ2n) is 3.65. The standard InChI is InChI=1S/C12H13ClN4O2/c1-18-8-3-7(4-9(5-8)19-2)16-11-10(13)6-15-12(14)17-11/h3-6H,1-2H3,(H3,14,15,16,17). The summed E-state index contributed by atoms with van der Waals surface area (Å²) in [5, 5.41) is 3.41. The van der Waals surface area contributed by atoms with Gasteiger partial charge in [-0.25, -0.2) is 4.98 Å². The zero-order chi connectivity index (χ0) is 13.8. The lowest BCUT2D eigenvalue weighted by atomic mass is 10.2. The summed E-state index contributed by atoms with van der Waals surface area (Å²) in [4.78, 5) is 7.81. The van der Waals surface area contributed by atoms with Crippen molar-refractivity contribution in [2.75, 3.05) is 25.3 Å². The predicted octanol–water partition coefficient (Wildman–Crippen LogP) is 2.47. The fourth-order valence-electron chi connectivity index (χ4n) is 1.48. The largest absolute Gasteiger partial charge is 0.497 e. The van der Waals surface area contributed by atoms with E-state index >= 15 is 0 Å². The zero-order valence-corrected chi connectivity index (χ0v) is 11.2. The minimum atomic E-state index is 0.141. The first-order valence-corrected chi connectivity index (χ1v) is 5.78. The lowest BCUT2D eigenvalue weighted by Crippen LogP contribution is -2.01. The minimum Gasteiger partial charge on any atom is -0.497 e. The van der Waals surface area contributed by atoms with Gasteiger partial charge < -0.3 is 20.5 Å². The van der Waals surface area contributed by atoms with Crippen LogP contribution in [0, 0.1) is 0 Å². The van der Waals surface area contributed by atoms with Crippen molar-refractivity contribution in [3.05, 3.63) is 29.4 Å². The van der Waals surface area contributed by atoms with Gasteiger partial charge in [-0.2, -0.15) is 4.98 Å². The minimum absolute atomic E-state index is 0.141. The van der Waals surface area contributed by atoms with Crippen LogP contribution in [-0.2, 0) is 0 Å². The maximum Gasteiger partial charge on any atom is 0.222 e. The molecule has 19 heavy (non-hydrogen) atoms. The van der Waals surface area contributed by atoms with E-state index in [1.54, 1.807) is 32.4 Å².